The first-order valence-corrected chi connectivity index (χ1v) is 6.56. The van der Waals surface area contributed by atoms with Gasteiger partial charge in [-0.25, -0.2) is 20.1 Å². The molecule has 0 radical (unpaired) electrons. The highest BCUT2D eigenvalue weighted by atomic mass is 19.3. The van der Waals surface area contributed by atoms with Crippen molar-refractivity contribution in [2.45, 2.75) is 33.5 Å². The third kappa shape index (κ3) is 2.92. The number of halogens is 2. The number of nitrogens with zero attached hydrogens (tertiary/aromatic N) is 2. The fourth-order valence-corrected chi connectivity index (χ4v) is 2.21. The van der Waals surface area contributed by atoms with E-state index in [1.807, 2.05) is 0 Å². The predicted octanol–water partition coefficient (Wildman–Crippen LogP) is 3.04. The van der Waals surface area contributed by atoms with Crippen LogP contribution in [0.4, 0.5) is 19.3 Å². The van der Waals surface area contributed by atoms with Gasteiger partial charge in [0.2, 0.25) is 0 Å². The van der Waals surface area contributed by atoms with E-state index in [1.54, 1.807) is 45.0 Å². The number of ether oxygens (including phenoxy) is 1. The van der Waals surface area contributed by atoms with Crippen LogP contribution < -0.4 is 15.2 Å². The summed E-state index contributed by atoms with van der Waals surface area (Å²) in [6.07, 6.45) is -0.795. The summed E-state index contributed by atoms with van der Waals surface area (Å²) in [6, 6.07) is 5.90. The van der Waals surface area contributed by atoms with Crippen molar-refractivity contribution < 1.29 is 18.3 Å². The summed E-state index contributed by atoms with van der Waals surface area (Å²) >= 11 is 0. The van der Waals surface area contributed by atoms with Crippen LogP contribution in [0, 0.1) is 5.41 Å². The average molecular weight is 299 g/mol. The number of urea groups is 1. The summed E-state index contributed by atoms with van der Waals surface area (Å²) in [5.41, 5.74) is 2.77. The minimum atomic E-state index is -2.87. The minimum absolute atomic E-state index is 0.455. The van der Waals surface area contributed by atoms with Gasteiger partial charge in [0.05, 0.1) is 12.8 Å². The third-order valence-electron chi connectivity index (χ3n) is 3.28. The third-order valence-corrected chi connectivity index (χ3v) is 3.28. The molecule has 1 saturated heterocycles. The Morgan fingerprint density at radius 3 is 2.48 bits per heavy atom. The number of alkyl halides is 2. The molecule has 0 spiro atoms. The molecule has 1 aliphatic rings. The van der Waals surface area contributed by atoms with Gasteiger partial charge in [-0.3, -0.25) is 0 Å². The van der Waals surface area contributed by atoms with Gasteiger partial charge < -0.3 is 4.74 Å². The molecule has 1 aromatic rings. The number of nitrogens with one attached hydrogen (secondary N) is 1. The van der Waals surface area contributed by atoms with E-state index in [9.17, 15) is 13.6 Å². The van der Waals surface area contributed by atoms with Crippen LogP contribution in [0.3, 0.4) is 0 Å². The lowest BCUT2D eigenvalue weighted by atomic mass is 9.92. The Hall–Kier alpha value is -1.89. The quantitative estimate of drug-likeness (QED) is 0.873. The Labute approximate surface area is 122 Å². The molecule has 7 heteroatoms. The van der Waals surface area contributed by atoms with E-state index < -0.39 is 24.2 Å². The predicted molar refractivity (Wildman–Crippen MR) is 75.1 cm³/mol. The summed E-state index contributed by atoms with van der Waals surface area (Å²) in [5, 5.41) is 1.13. The van der Waals surface area contributed by atoms with Crippen LogP contribution in [0.25, 0.3) is 0 Å². The van der Waals surface area contributed by atoms with E-state index in [0.29, 0.717) is 16.3 Å². The largest absolute Gasteiger partial charge is 0.497 e. The number of carbonyl (C=O) groups excluding carboxylic acids is 1. The number of hydrogen-bond donors (Lipinski definition) is 1. The molecule has 2 amide bonds. The first kappa shape index (κ1) is 15.5. The van der Waals surface area contributed by atoms with Crippen molar-refractivity contribution in [3.8, 4) is 5.75 Å². The summed E-state index contributed by atoms with van der Waals surface area (Å²) in [6.45, 7) is 2.51. The zero-order valence-electron chi connectivity index (χ0n) is 12.4. The van der Waals surface area contributed by atoms with Gasteiger partial charge in [0.25, 0.3) is 0 Å². The Bertz CT molecular complexity index is 531. The molecule has 0 bridgehead atoms. The Balaban J connectivity index is 2.36. The molecule has 2 rings (SSSR count). The highest BCUT2D eigenvalue weighted by molar-refractivity contribution is 5.93. The standard InChI is InChI=1S/C14H19F2N3O2/c1-14(2,3)11-17-19(13(20)18(11)12(15)16)9-6-5-7-10(8-9)21-4/h5-8,11-12,17H,1-4H3. The summed E-state index contributed by atoms with van der Waals surface area (Å²) in [5.74, 6) is 0.546. The smallest absolute Gasteiger partial charge is 0.344 e. The van der Waals surface area contributed by atoms with E-state index >= 15 is 0 Å². The number of amides is 2. The molecule has 1 heterocycles. The number of methoxy groups -OCH3 is 1. The Morgan fingerprint density at radius 2 is 2.00 bits per heavy atom. The Morgan fingerprint density at radius 1 is 1.33 bits per heavy atom. The van der Waals surface area contributed by atoms with Crippen molar-refractivity contribution in [3.63, 3.8) is 0 Å². The topological polar surface area (TPSA) is 44.8 Å². The van der Waals surface area contributed by atoms with Crippen molar-refractivity contribution in [2.75, 3.05) is 12.1 Å². The first-order chi connectivity index (χ1) is 9.75. The van der Waals surface area contributed by atoms with Crippen LogP contribution in [-0.4, -0.2) is 30.8 Å². The van der Waals surface area contributed by atoms with Gasteiger partial charge in [-0.2, -0.15) is 8.78 Å². The number of rotatable bonds is 3. The van der Waals surface area contributed by atoms with E-state index in [1.165, 1.54) is 7.11 Å². The lowest BCUT2D eigenvalue weighted by molar-refractivity contribution is -0.0382. The molecular weight excluding hydrogens is 280 g/mol. The second-order valence-electron chi connectivity index (χ2n) is 5.90. The molecule has 1 N–H and O–H groups in total. The van der Waals surface area contributed by atoms with Gasteiger partial charge >= 0.3 is 12.6 Å². The van der Waals surface area contributed by atoms with Crippen LogP contribution in [0.2, 0.25) is 0 Å². The van der Waals surface area contributed by atoms with Gasteiger partial charge in [-0.1, -0.05) is 26.8 Å². The molecule has 1 fully saturated rings. The van der Waals surface area contributed by atoms with E-state index in [2.05, 4.69) is 5.43 Å². The molecule has 116 valence electrons. The van der Waals surface area contributed by atoms with Crippen molar-refractivity contribution in [1.29, 1.82) is 0 Å². The van der Waals surface area contributed by atoms with Crippen molar-refractivity contribution >= 4 is 11.7 Å². The highest BCUT2D eigenvalue weighted by Crippen LogP contribution is 2.33. The molecule has 5 nitrogen and oxygen atoms in total. The zero-order valence-corrected chi connectivity index (χ0v) is 12.4. The van der Waals surface area contributed by atoms with Gasteiger partial charge in [0.1, 0.15) is 11.9 Å². The number of hydrogen-bond acceptors (Lipinski definition) is 3. The molecule has 1 aromatic carbocycles. The van der Waals surface area contributed by atoms with Crippen LogP contribution in [0.15, 0.2) is 24.3 Å². The maximum atomic E-state index is 13.2. The maximum absolute atomic E-state index is 13.2. The summed E-state index contributed by atoms with van der Waals surface area (Å²) < 4.78 is 31.5. The number of benzene rings is 1. The van der Waals surface area contributed by atoms with Crippen LogP contribution in [0.1, 0.15) is 20.8 Å². The molecule has 1 unspecified atom stereocenters. The fourth-order valence-electron chi connectivity index (χ4n) is 2.21. The number of hydrazine groups is 1. The van der Waals surface area contributed by atoms with Gasteiger partial charge in [-0.05, 0) is 17.5 Å². The van der Waals surface area contributed by atoms with E-state index in [0.717, 1.165) is 5.01 Å². The molecule has 21 heavy (non-hydrogen) atoms. The van der Waals surface area contributed by atoms with Gasteiger partial charge in [-0.15, -0.1) is 0 Å². The molecule has 0 aliphatic carbocycles. The lowest BCUT2D eigenvalue weighted by Gasteiger charge is -2.32. The van der Waals surface area contributed by atoms with Crippen LogP contribution >= 0.6 is 0 Å². The fraction of sp³-hybridized carbons (Fsp3) is 0.500. The van der Waals surface area contributed by atoms with Crippen LogP contribution in [-0.2, 0) is 0 Å². The van der Waals surface area contributed by atoms with Crippen molar-refractivity contribution in [1.82, 2.24) is 10.3 Å². The number of carbonyl (C=O) groups is 1. The van der Waals surface area contributed by atoms with Gasteiger partial charge in [0, 0.05) is 6.07 Å². The molecule has 1 atom stereocenters. The normalized spacial score (nSPS) is 19.6. The minimum Gasteiger partial charge on any atom is -0.497 e. The zero-order chi connectivity index (χ0) is 15.8. The monoisotopic (exact) mass is 299 g/mol. The second-order valence-corrected chi connectivity index (χ2v) is 5.90. The SMILES string of the molecule is COc1cccc(N2NC(C(C)(C)C)N(C(F)F)C2=O)c1. The Kier molecular flexibility index (Phi) is 4.04. The average Bonchev–Trinajstić information content (AvgIpc) is 2.76. The van der Waals surface area contributed by atoms with E-state index in [-0.39, 0.29) is 0 Å². The number of anilines is 1. The molecule has 0 saturated carbocycles. The van der Waals surface area contributed by atoms with Crippen LogP contribution in [0.5, 0.6) is 5.75 Å². The molecular formula is C14H19F2N3O2. The van der Waals surface area contributed by atoms with Gasteiger partial charge in [0.15, 0.2) is 0 Å². The van der Waals surface area contributed by atoms with Crippen molar-refractivity contribution in [2.24, 2.45) is 5.41 Å². The van der Waals surface area contributed by atoms with E-state index in [4.69, 9.17) is 4.74 Å². The molecule has 1 aliphatic heterocycles. The first-order valence-electron chi connectivity index (χ1n) is 6.56. The summed E-state index contributed by atoms with van der Waals surface area (Å²) in [4.78, 5) is 12.8. The summed E-state index contributed by atoms with van der Waals surface area (Å²) in [7, 11) is 1.50. The molecule has 0 aromatic heterocycles. The highest BCUT2D eigenvalue weighted by Gasteiger charge is 2.47. The van der Waals surface area contributed by atoms with Crippen molar-refractivity contribution in [3.05, 3.63) is 24.3 Å². The maximum Gasteiger partial charge on any atom is 0.344 e. The lowest BCUT2D eigenvalue weighted by Crippen LogP contribution is -2.49. The second kappa shape index (κ2) is 5.48.